The molecule has 1 atom stereocenters. The molecule has 6 nitrogen and oxygen atoms in total. The number of amides is 2. The van der Waals surface area contributed by atoms with Crippen LogP contribution in [0.1, 0.15) is 24.5 Å². The van der Waals surface area contributed by atoms with E-state index in [0.29, 0.717) is 24.2 Å². The van der Waals surface area contributed by atoms with Gasteiger partial charge in [0.05, 0.1) is 5.41 Å². The molecule has 0 radical (unpaired) electrons. The number of rotatable bonds is 11. The van der Waals surface area contributed by atoms with Gasteiger partial charge in [0.1, 0.15) is 5.92 Å². The second-order valence-corrected chi connectivity index (χ2v) is 10.9. The molecule has 0 heterocycles. The van der Waals surface area contributed by atoms with E-state index in [2.05, 4.69) is 4.72 Å². The van der Waals surface area contributed by atoms with Crippen LogP contribution in [0.15, 0.2) is 121 Å². The van der Waals surface area contributed by atoms with Gasteiger partial charge in [-0.3, -0.25) is 9.59 Å². The van der Waals surface area contributed by atoms with Crippen molar-refractivity contribution in [2.75, 3.05) is 11.4 Å². The summed E-state index contributed by atoms with van der Waals surface area (Å²) < 4.78 is 27.6. The van der Waals surface area contributed by atoms with E-state index >= 15 is 0 Å². The number of para-hydroxylation sites is 1. The van der Waals surface area contributed by atoms with Crippen LogP contribution in [0.25, 0.3) is 17.2 Å². The van der Waals surface area contributed by atoms with Gasteiger partial charge in [0.2, 0.25) is 11.8 Å². The number of carbonyl (C=O) groups is 2. The van der Waals surface area contributed by atoms with Crippen molar-refractivity contribution in [1.82, 2.24) is 4.72 Å². The van der Waals surface area contributed by atoms with Crippen LogP contribution in [0.2, 0.25) is 0 Å². The van der Waals surface area contributed by atoms with Gasteiger partial charge in [-0.05, 0) is 60.2 Å². The molecular formula is C33H32N2O4S. The van der Waals surface area contributed by atoms with Crippen molar-refractivity contribution in [2.45, 2.75) is 19.8 Å². The van der Waals surface area contributed by atoms with Gasteiger partial charge in [0.15, 0.2) is 0 Å². The largest absolute Gasteiger partial charge is 0.312 e. The van der Waals surface area contributed by atoms with E-state index in [1.165, 1.54) is 11.0 Å². The molecule has 4 aromatic rings. The molecule has 0 fully saturated rings. The van der Waals surface area contributed by atoms with E-state index in [1.54, 1.807) is 36.4 Å². The average molecular weight is 553 g/mol. The number of aryl methyl sites for hydroxylation is 1. The Labute approximate surface area is 236 Å². The summed E-state index contributed by atoms with van der Waals surface area (Å²) in [6.07, 6.45) is 1.98. The smallest absolute Gasteiger partial charge is 0.257 e. The summed E-state index contributed by atoms with van der Waals surface area (Å²) >= 11 is 0. The van der Waals surface area contributed by atoms with Crippen LogP contribution < -0.4 is 9.62 Å². The Morgan fingerprint density at radius 1 is 0.775 bits per heavy atom. The van der Waals surface area contributed by atoms with Gasteiger partial charge in [-0.25, -0.2) is 13.1 Å². The van der Waals surface area contributed by atoms with Crippen LogP contribution >= 0.6 is 0 Å². The first-order chi connectivity index (χ1) is 19.4. The molecule has 0 aromatic heterocycles. The summed E-state index contributed by atoms with van der Waals surface area (Å²) in [5, 5.41) is 0.943. The zero-order chi connectivity index (χ0) is 28.4. The molecule has 0 bridgehead atoms. The zero-order valence-corrected chi connectivity index (χ0v) is 23.1. The standard InChI is InChI=1S/C33H32N2O4S/c1-2-35(30-16-10-5-11-17-30)33(37)31(32(36)34-40(38,39)25-24-26-12-6-3-7-13-26)23-20-27-18-21-29(22-19-27)28-14-8-4-9-15-28/h3-19,21-22,24-25,31H,2,20,23H2,1H3,(H,34,36)/b25-24+. The predicted octanol–water partition coefficient (Wildman–Crippen LogP) is 6.07. The molecule has 204 valence electrons. The first kappa shape index (κ1) is 28.5. The monoisotopic (exact) mass is 552 g/mol. The van der Waals surface area contributed by atoms with Crippen molar-refractivity contribution in [3.05, 3.63) is 132 Å². The second kappa shape index (κ2) is 13.5. The Bertz CT molecular complexity index is 1540. The lowest BCUT2D eigenvalue weighted by atomic mass is 9.95. The third-order valence-corrected chi connectivity index (χ3v) is 7.51. The number of nitrogens with zero attached hydrogens (tertiary/aromatic N) is 1. The van der Waals surface area contributed by atoms with E-state index in [9.17, 15) is 18.0 Å². The molecule has 1 unspecified atom stereocenters. The van der Waals surface area contributed by atoms with Gasteiger partial charge in [-0.15, -0.1) is 0 Å². The minimum Gasteiger partial charge on any atom is -0.312 e. The number of sulfonamides is 1. The first-order valence-corrected chi connectivity index (χ1v) is 14.7. The molecular weight excluding hydrogens is 520 g/mol. The topological polar surface area (TPSA) is 83.6 Å². The summed E-state index contributed by atoms with van der Waals surface area (Å²) in [4.78, 5) is 28.6. The Morgan fingerprint density at radius 2 is 1.32 bits per heavy atom. The highest BCUT2D eigenvalue weighted by Gasteiger charge is 2.32. The van der Waals surface area contributed by atoms with E-state index in [-0.39, 0.29) is 6.42 Å². The highest BCUT2D eigenvalue weighted by atomic mass is 32.2. The van der Waals surface area contributed by atoms with Crippen LogP contribution in [-0.4, -0.2) is 26.8 Å². The number of carbonyl (C=O) groups excluding carboxylic acids is 2. The molecule has 4 aromatic carbocycles. The van der Waals surface area contributed by atoms with Gasteiger partial charge in [0, 0.05) is 12.2 Å². The fourth-order valence-electron chi connectivity index (χ4n) is 4.41. The SMILES string of the molecule is CCN(C(=O)C(CCc1ccc(-c2ccccc2)cc1)C(=O)NS(=O)(=O)/C=C/c1ccccc1)c1ccccc1. The van der Waals surface area contributed by atoms with Crippen molar-refractivity contribution >= 4 is 33.6 Å². The Morgan fingerprint density at radius 3 is 1.93 bits per heavy atom. The van der Waals surface area contributed by atoms with Crippen LogP contribution in [0, 0.1) is 5.92 Å². The molecule has 7 heteroatoms. The quantitative estimate of drug-likeness (QED) is 0.229. The normalized spacial score (nSPS) is 12.1. The van der Waals surface area contributed by atoms with Crippen molar-refractivity contribution in [3.8, 4) is 11.1 Å². The molecule has 1 N–H and O–H groups in total. The van der Waals surface area contributed by atoms with Crippen molar-refractivity contribution in [2.24, 2.45) is 5.92 Å². The van der Waals surface area contributed by atoms with E-state index in [0.717, 1.165) is 22.1 Å². The lowest BCUT2D eigenvalue weighted by molar-refractivity contribution is -0.132. The van der Waals surface area contributed by atoms with Crippen LogP contribution in [0.4, 0.5) is 5.69 Å². The number of anilines is 1. The molecule has 0 saturated carbocycles. The summed E-state index contributed by atoms with van der Waals surface area (Å²) in [5.41, 5.74) is 4.42. The Balaban J connectivity index is 1.54. The maximum absolute atomic E-state index is 13.7. The van der Waals surface area contributed by atoms with E-state index in [4.69, 9.17) is 0 Å². The summed E-state index contributed by atoms with van der Waals surface area (Å²) in [6, 6.07) is 35.9. The highest BCUT2D eigenvalue weighted by molar-refractivity contribution is 7.93. The second-order valence-electron chi connectivity index (χ2n) is 9.30. The molecule has 2 amide bonds. The van der Waals surface area contributed by atoms with Gasteiger partial charge >= 0.3 is 0 Å². The molecule has 0 aliphatic heterocycles. The van der Waals surface area contributed by atoms with E-state index < -0.39 is 27.8 Å². The van der Waals surface area contributed by atoms with Gasteiger partial charge < -0.3 is 4.90 Å². The van der Waals surface area contributed by atoms with Crippen molar-refractivity contribution in [3.63, 3.8) is 0 Å². The Kier molecular flexibility index (Phi) is 9.65. The van der Waals surface area contributed by atoms with E-state index in [1.807, 2.05) is 85.8 Å². The molecule has 0 saturated heterocycles. The van der Waals surface area contributed by atoms with Crippen LogP contribution in [0.5, 0.6) is 0 Å². The van der Waals surface area contributed by atoms with Crippen LogP contribution in [0.3, 0.4) is 0 Å². The number of hydrogen-bond acceptors (Lipinski definition) is 4. The summed E-state index contributed by atoms with van der Waals surface area (Å²) in [6.45, 7) is 2.15. The summed E-state index contributed by atoms with van der Waals surface area (Å²) in [7, 11) is -4.12. The van der Waals surface area contributed by atoms with Crippen molar-refractivity contribution in [1.29, 1.82) is 0 Å². The lowest BCUT2D eigenvalue weighted by Gasteiger charge is -2.26. The predicted molar refractivity (Wildman–Crippen MR) is 161 cm³/mol. The highest BCUT2D eigenvalue weighted by Crippen LogP contribution is 2.23. The molecule has 0 spiro atoms. The lowest BCUT2D eigenvalue weighted by Crippen LogP contribution is -2.45. The summed E-state index contributed by atoms with van der Waals surface area (Å²) in [5.74, 6) is -2.50. The fraction of sp³-hybridized carbons (Fsp3) is 0.152. The maximum atomic E-state index is 13.7. The first-order valence-electron chi connectivity index (χ1n) is 13.2. The zero-order valence-electron chi connectivity index (χ0n) is 22.3. The average Bonchev–Trinajstić information content (AvgIpc) is 2.98. The minimum atomic E-state index is -4.12. The van der Waals surface area contributed by atoms with Gasteiger partial charge in [-0.1, -0.05) is 103 Å². The molecule has 4 rings (SSSR count). The maximum Gasteiger partial charge on any atom is 0.257 e. The van der Waals surface area contributed by atoms with Crippen molar-refractivity contribution < 1.29 is 18.0 Å². The third kappa shape index (κ3) is 7.77. The molecule has 0 aliphatic carbocycles. The fourth-order valence-corrected chi connectivity index (χ4v) is 5.24. The van der Waals surface area contributed by atoms with Gasteiger partial charge in [0.25, 0.3) is 10.0 Å². The Hall–Kier alpha value is -4.49. The minimum absolute atomic E-state index is 0.149. The van der Waals surface area contributed by atoms with Gasteiger partial charge in [-0.2, -0.15) is 0 Å². The van der Waals surface area contributed by atoms with Crippen LogP contribution in [-0.2, 0) is 26.0 Å². The molecule has 0 aliphatic rings. The number of nitrogens with one attached hydrogen (secondary N) is 1. The molecule has 40 heavy (non-hydrogen) atoms. The number of benzene rings is 4. The third-order valence-electron chi connectivity index (χ3n) is 6.53. The number of hydrogen-bond donors (Lipinski definition) is 1.